The van der Waals surface area contributed by atoms with E-state index in [9.17, 15) is 4.79 Å². The molecule has 1 aliphatic heterocycles. The summed E-state index contributed by atoms with van der Waals surface area (Å²) in [7, 11) is 0. The van der Waals surface area contributed by atoms with Gasteiger partial charge in [0.1, 0.15) is 0 Å². The number of hydrogen-bond acceptors (Lipinski definition) is 1. The van der Waals surface area contributed by atoms with E-state index >= 15 is 0 Å². The predicted octanol–water partition coefficient (Wildman–Crippen LogP) is 4.46. The zero-order valence-corrected chi connectivity index (χ0v) is 13.9. The number of hydrogen-bond donors (Lipinski definition) is 1. The highest BCUT2D eigenvalue weighted by atomic mass is 16.2. The Labute approximate surface area is 135 Å². The molecule has 3 saturated carbocycles. The summed E-state index contributed by atoms with van der Waals surface area (Å²) in [4.78, 5) is 15.4. The van der Waals surface area contributed by atoms with E-state index in [0.29, 0.717) is 18.1 Å². The van der Waals surface area contributed by atoms with Gasteiger partial charge >= 0.3 is 6.03 Å². The Morgan fingerprint density at radius 2 is 1.18 bits per heavy atom. The number of fused-ring (bicyclic) bond motifs is 3. The van der Waals surface area contributed by atoms with Crippen LogP contribution in [-0.2, 0) is 0 Å². The van der Waals surface area contributed by atoms with Crippen molar-refractivity contribution in [1.82, 2.24) is 10.2 Å². The summed E-state index contributed by atoms with van der Waals surface area (Å²) in [5.41, 5.74) is 0. The molecule has 4 unspecified atom stereocenters. The van der Waals surface area contributed by atoms with Gasteiger partial charge in [0, 0.05) is 18.1 Å². The second-order valence-electron chi connectivity index (χ2n) is 8.22. The second-order valence-corrected chi connectivity index (χ2v) is 8.22. The number of carbonyl (C=O) groups excluding carboxylic acids is 1. The van der Waals surface area contributed by atoms with Crippen molar-refractivity contribution in [2.24, 2.45) is 11.8 Å². The first-order chi connectivity index (χ1) is 10.8. The molecule has 4 fully saturated rings. The van der Waals surface area contributed by atoms with Gasteiger partial charge < -0.3 is 10.2 Å². The number of amides is 2. The van der Waals surface area contributed by atoms with Crippen molar-refractivity contribution in [2.75, 3.05) is 0 Å². The molecule has 4 aliphatic rings. The van der Waals surface area contributed by atoms with Gasteiger partial charge in [-0.25, -0.2) is 4.79 Å². The van der Waals surface area contributed by atoms with Crippen LogP contribution < -0.4 is 5.32 Å². The average molecular weight is 304 g/mol. The molecular weight excluding hydrogens is 272 g/mol. The molecule has 0 spiro atoms. The van der Waals surface area contributed by atoms with Gasteiger partial charge in [0.25, 0.3) is 0 Å². The van der Waals surface area contributed by atoms with Crippen LogP contribution in [0.4, 0.5) is 4.79 Å². The first-order valence-corrected chi connectivity index (χ1v) is 9.93. The van der Waals surface area contributed by atoms with Gasteiger partial charge in [-0.05, 0) is 50.4 Å². The van der Waals surface area contributed by atoms with E-state index in [0.717, 1.165) is 11.8 Å². The van der Waals surface area contributed by atoms with E-state index in [4.69, 9.17) is 0 Å². The van der Waals surface area contributed by atoms with Crippen LogP contribution in [-0.4, -0.2) is 29.1 Å². The van der Waals surface area contributed by atoms with E-state index in [2.05, 4.69) is 10.2 Å². The van der Waals surface area contributed by atoms with Gasteiger partial charge in [-0.3, -0.25) is 0 Å². The standard InChI is InChI=1S/C19H32N2O/c22-19(20-14-8-2-1-3-9-14)21-17-12-6-4-10-15(17)16-11-5-7-13-18(16)21/h14-18H,1-13H2,(H,20,22). The minimum atomic E-state index is 0.290. The molecule has 124 valence electrons. The summed E-state index contributed by atoms with van der Waals surface area (Å²) in [6, 6.07) is 1.86. The summed E-state index contributed by atoms with van der Waals surface area (Å²) in [6.07, 6.45) is 17.0. The molecule has 1 heterocycles. The lowest BCUT2D eigenvalue weighted by atomic mass is 9.73. The van der Waals surface area contributed by atoms with Crippen molar-refractivity contribution in [1.29, 1.82) is 0 Å². The summed E-state index contributed by atoms with van der Waals surface area (Å²) >= 11 is 0. The smallest absolute Gasteiger partial charge is 0.318 e. The highest BCUT2D eigenvalue weighted by Crippen LogP contribution is 2.49. The summed E-state index contributed by atoms with van der Waals surface area (Å²) in [6.45, 7) is 0. The Hall–Kier alpha value is -0.730. The predicted molar refractivity (Wildman–Crippen MR) is 88.7 cm³/mol. The van der Waals surface area contributed by atoms with E-state index < -0.39 is 0 Å². The molecule has 0 aromatic carbocycles. The minimum Gasteiger partial charge on any atom is -0.335 e. The first-order valence-electron chi connectivity index (χ1n) is 9.93. The largest absolute Gasteiger partial charge is 0.335 e. The van der Waals surface area contributed by atoms with Crippen LogP contribution in [0.5, 0.6) is 0 Å². The lowest BCUT2D eigenvalue weighted by molar-refractivity contribution is 0.140. The number of carbonyl (C=O) groups is 1. The van der Waals surface area contributed by atoms with Crippen LogP contribution in [0, 0.1) is 11.8 Å². The maximum Gasteiger partial charge on any atom is 0.318 e. The van der Waals surface area contributed by atoms with Crippen molar-refractivity contribution in [3.05, 3.63) is 0 Å². The molecule has 4 rings (SSSR count). The fourth-order valence-electron chi connectivity index (χ4n) is 6.01. The van der Waals surface area contributed by atoms with Crippen LogP contribution in [0.15, 0.2) is 0 Å². The fourth-order valence-corrected chi connectivity index (χ4v) is 6.01. The van der Waals surface area contributed by atoms with Crippen LogP contribution in [0.1, 0.15) is 83.5 Å². The summed E-state index contributed by atoms with van der Waals surface area (Å²) in [5, 5.41) is 3.41. The molecule has 3 nitrogen and oxygen atoms in total. The zero-order valence-electron chi connectivity index (χ0n) is 13.9. The zero-order chi connectivity index (χ0) is 14.9. The Kier molecular flexibility index (Phi) is 4.32. The third-order valence-corrected chi connectivity index (χ3v) is 6.99. The Balaban J connectivity index is 1.49. The highest BCUT2D eigenvalue weighted by molar-refractivity contribution is 5.76. The SMILES string of the molecule is O=C(NC1CCCCC1)N1C2CCCCC2C2CCCCC21. The van der Waals surface area contributed by atoms with Crippen LogP contribution in [0.2, 0.25) is 0 Å². The van der Waals surface area contributed by atoms with Gasteiger partial charge in [-0.2, -0.15) is 0 Å². The summed E-state index contributed by atoms with van der Waals surface area (Å²) in [5.74, 6) is 1.63. The molecule has 0 radical (unpaired) electrons. The monoisotopic (exact) mass is 304 g/mol. The third kappa shape index (κ3) is 2.65. The van der Waals surface area contributed by atoms with Crippen molar-refractivity contribution in [3.63, 3.8) is 0 Å². The van der Waals surface area contributed by atoms with Gasteiger partial charge in [-0.1, -0.05) is 44.9 Å². The quantitative estimate of drug-likeness (QED) is 0.762. The van der Waals surface area contributed by atoms with Crippen molar-refractivity contribution in [3.8, 4) is 0 Å². The van der Waals surface area contributed by atoms with Gasteiger partial charge in [-0.15, -0.1) is 0 Å². The van der Waals surface area contributed by atoms with E-state index in [1.54, 1.807) is 0 Å². The van der Waals surface area contributed by atoms with Crippen molar-refractivity contribution in [2.45, 2.75) is 102 Å². The molecule has 3 heteroatoms. The number of likely N-dealkylation sites (tertiary alicyclic amines) is 1. The van der Waals surface area contributed by atoms with Crippen LogP contribution >= 0.6 is 0 Å². The highest BCUT2D eigenvalue weighted by Gasteiger charge is 2.51. The number of rotatable bonds is 1. The fraction of sp³-hybridized carbons (Fsp3) is 0.947. The third-order valence-electron chi connectivity index (χ3n) is 6.99. The normalized spacial score (nSPS) is 39.2. The van der Waals surface area contributed by atoms with Gasteiger partial charge in [0.05, 0.1) is 0 Å². The number of urea groups is 1. The van der Waals surface area contributed by atoms with Gasteiger partial charge in [0.15, 0.2) is 0 Å². The molecular formula is C19H32N2O. The molecule has 0 aromatic rings. The average Bonchev–Trinajstić information content (AvgIpc) is 2.90. The van der Waals surface area contributed by atoms with Crippen molar-refractivity contribution >= 4 is 6.03 Å². The Morgan fingerprint density at radius 3 is 1.77 bits per heavy atom. The lowest BCUT2D eigenvalue weighted by Crippen LogP contribution is -2.52. The minimum absolute atomic E-state index is 0.290. The molecule has 2 amide bonds. The maximum absolute atomic E-state index is 13.0. The maximum atomic E-state index is 13.0. The molecule has 4 atom stereocenters. The first kappa shape index (κ1) is 14.8. The Morgan fingerprint density at radius 1 is 0.682 bits per heavy atom. The second kappa shape index (κ2) is 6.41. The van der Waals surface area contributed by atoms with Crippen molar-refractivity contribution < 1.29 is 4.79 Å². The van der Waals surface area contributed by atoms with Crippen LogP contribution in [0.25, 0.3) is 0 Å². The van der Waals surface area contributed by atoms with Crippen LogP contribution in [0.3, 0.4) is 0 Å². The van der Waals surface area contributed by atoms with E-state index in [-0.39, 0.29) is 6.03 Å². The van der Waals surface area contributed by atoms with E-state index in [1.165, 1.54) is 83.5 Å². The molecule has 1 saturated heterocycles. The number of nitrogens with zero attached hydrogens (tertiary/aromatic N) is 1. The summed E-state index contributed by atoms with van der Waals surface area (Å²) < 4.78 is 0. The Bertz CT molecular complexity index is 382. The lowest BCUT2D eigenvalue weighted by Gasteiger charge is -2.36. The topological polar surface area (TPSA) is 32.3 Å². The molecule has 22 heavy (non-hydrogen) atoms. The molecule has 3 aliphatic carbocycles. The number of nitrogens with one attached hydrogen (secondary N) is 1. The molecule has 1 N–H and O–H groups in total. The van der Waals surface area contributed by atoms with Gasteiger partial charge in [0.2, 0.25) is 0 Å². The molecule has 0 aromatic heterocycles. The molecule has 0 bridgehead atoms. The van der Waals surface area contributed by atoms with E-state index in [1.807, 2.05) is 0 Å².